The van der Waals surface area contributed by atoms with Crippen LogP contribution in [0.15, 0.2) is 36.7 Å². The molecule has 40 heavy (non-hydrogen) atoms. The van der Waals surface area contributed by atoms with Crippen LogP contribution in [0.1, 0.15) is 33.0 Å². The highest BCUT2D eigenvalue weighted by molar-refractivity contribution is 5.80. The van der Waals surface area contributed by atoms with Gasteiger partial charge in [0.25, 0.3) is 0 Å². The minimum atomic E-state index is -4.79. The van der Waals surface area contributed by atoms with Gasteiger partial charge in [-0.05, 0) is 38.3 Å². The summed E-state index contributed by atoms with van der Waals surface area (Å²) >= 11 is 0. The van der Waals surface area contributed by atoms with Gasteiger partial charge in [0.2, 0.25) is 11.7 Å². The number of benzene rings is 1. The standard InChI is InChI=1S/C25H25F7N6O2/c1-13-14(10-34-21(13)39)4-5-33-20-9-19(38(37-20)17-11-35-22(36-12-17)24(27,28)29)15-6-16(26)8-18(7-15)40-23(2,3)25(30,31)32/h6-9,11-14H,4-5,10H2,1-3H3,(H,33,37)(H,34,39)/t13?,14-/m0/s1. The summed E-state index contributed by atoms with van der Waals surface area (Å²) in [4.78, 5) is 18.4. The number of halogens is 7. The van der Waals surface area contributed by atoms with E-state index in [9.17, 15) is 35.5 Å². The molecule has 1 aromatic carbocycles. The van der Waals surface area contributed by atoms with E-state index in [-0.39, 0.29) is 40.5 Å². The number of anilines is 1. The highest BCUT2D eigenvalue weighted by Gasteiger charge is 2.50. The number of amides is 1. The molecule has 1 amide bonds. The van der Waals surface area contributed by atoms with Crippen molar-refractivity contribution in [2.24, 2.45) is 11.8 Å². The van der Waals surface area contributed by atoms with Gasteiger partial charge in [0.1, 0.15) is 23.1 Å². The van der Waals surface area contributed by atoms with Crippen LogP contribution >= 0.6 is 0 Å². The van der Waals surface area contributed by atoms with Gasteiger partial charge in [-0.15, -0.1) is 5.10 Å². The Labute approximate surface area is 223 Å². The van der Waals surface area contributed by atoms with Crippen molar-refractivity contribution in [2.75, 3.05) is 18.4 Å². The molecule has 2 atom stereocenters. The third kappa shape index (κ3) is 6.28. The first-order valence-corrected chi connectivity index (χ1v) is 12.1. The van der Waals surface area contributed by atoms with Crippen molar-refractivity contribution >= 4 is 11.7 Å². The molecule has 0 aliphatic carbocycles. The monoisotopic (exact) mass is 574 g/mol. The molecule has 1 unspecified atom stereocenters. The van der Waals surface area contributed by atoms with E-state index < -0.39 is 35.3 Å². The maximum absolute atomic E-state index is 14.6. The van der Waals surface area contributed by atoms with Crippen molar-refractivity contribution in [1.29, 1.82) is 0 Å². The van der Waals surface area contributed by atoms with E-state index in [4.69, 9.17) is 4.74 Å². The molecule has 1 saturated heterocycles. The number of rotatable bonds is 8. The average molecular weight is 575 g/mol. The Morgan fingerprint density at radius 2 is 1.75 bits per heavy atom. The predicted molar refractivity (Wildman–Crippen MR) is 129 cm³/mol. The summed E-state index contributed by atoms with van der Waals surface area (Å²) in [6.45, 7) is 4.29. The third-order valence-electron chi connectivity index (χ3n) is 6.55. The first kappa shape index (κ1) is 29.1. The van der Waals surface area contributed by atoms with Crippen LogP contribution in [0.25, 0.3) is 16.9 Å². The molecule has 2 aromatic heterocycles. The Bertz CT molecular complexity index is 1370. The van der Waals surface area contributed by atoms with Gasteiger partial charge in [-0.3, -0.25) is 4.79 Å². The topological polar surface area (TPSA) is 94.0 Å². The third-order valence-corrected chi connectivity index (χ3v) is 6.55. The normalized spacial score (nSPS) is 18.1. The minimum Gasteiger partial charge on any atom is -0.478 e. The van der Waals surface area contributed by atoms with Crippen LogP contribution in [0.2, 0.25) is 0 Å². The van der Waals surface area contributed by atoms with Crippen molar-refractivity contribution < 1.29 is 40.3 Å². The molecule has 4 rings (SSSR count). The lowest BCUT2D eigenvalue weighted by atomic mass is 9.94. The first-order chi connectivity index (χ1) is 18.5. The second-order valence-electron chi connectivity index (χ2n) is 9.88. The summed E-state index contributed by atoms with van der Waals surface area (Å²) in [6, 6.07) is 4.42. The van der Waals surface area contributed by atoms with Gasteiger partial charge in [0, 0.05) is 36.7 Å². The molecule has 0 spiro atoms. The zero-order valence-corrected chi connectivity index (χ0v) is 21.5. The average Bonchev–Trinajstić information content (AvgIpc) is 3.41. The lowest BCUT2D eigenvalue weighted by Crippen LogP contribution is -2.44. The van der Waals surface area contributed by atoms with Gasteiger partial charge in [-0.25, -0.2) is 19.0 Å². The number of ether oxygens (including phenoxy) is 1. The van der Waals surface area contributed by atoms with Crippen LogP contribution in [0.5, 0.6) is 5.75 Å². The molecule has 3 aromatic rings. The highest BCUT2D eigenvalue weighted by atomic mass is 19.4. The van der Waals surface area contributed by atoms with Crippen molar-refractivity contribution in [2.45, 2.75) is 45.1 Å². The van der Waals surface area contributed by atoms with Crippen molar-refractivity contribution in [3.05, 3.63) is 48.3 Å². The maximum Gasteiger partial charge on any atom is 0.451 e. The van der Waals surface area contributed by atoms with Gasteiger partial charge in [0.05, 0.1) is 18.1 Å². The Kier molecular flexibility index (Phi) is 7.69. The van der Waals surface area contributed by atoms with Gasteiger partial charge < -0.3 is 15.4 Å². The Morgan fingerprint density at radius 3 is 2.33 bits per heavy atom. The van der Waals surface area contributed by atoms with Gasteiger partial charge in [-0.2, -0.15) is 26.3 Å². The maximum atomic E-state index is 14.6. The second-order valence-corrected chi connectivity index (χ2v) is 9.88. The van der Waals surface area contributed by atoms with Crippen molar-refractivity contribution in [3.63, 3.8) is 0 Å². The molecule has 1 aliphatic heterocycles. The van der Waals surface area contributed by atoms with Crippen LogP contribution in [0.3, 0.4) is 0 Å². The number of hydrogen-bond donors (Lipinski definition) is 2. The number of aromatic nitrogens is 4. The summed E-state index contributed by atoms with van der Waals surface area (Å²) in [7, 11) is 0. The quantitative estimate of drug-likeness (QED) is 0.351. The summed E-state index contributed by atoms with van der Waals surface area (Å²) in [5.74, 6) is -2.62. The van der Waals surface area contributed by atoms with Crippen LogP contribution in [-0.2, 0) is 11.0 Å². The summed E-state index contributed by atoms with van der Waals surface area (Å²) in [6.07, 6.45) is -7.21. The van der Waals surface area contributed by atoms with E-state index in [0.29, 0.717) is 19.5 Å². The van der Waals surface area contributed by atoms with Gasteiger partial charge in [0.15, 0.2) is 5.60 Å². The van der Waals surface area contributed by atoms with Crippen LogP contribution in [0.4, 0.5) is 36.6 Å². The number of alkyl halides is 6. The van der Waals surface area contributed by atoms with E-state index in [1.807, 2.05) is 6.92 Å². The minimum absolute atomic E-state index is 0.0161. The zero-order chi connectivity index (χ0) is 29.5. The Balaban J connectivity index is 1.68. The molecule has 0 radical (unpaired) electrons. The fourth-order valence-corrected chi connectivity index (χ4v) is 4.09. The summed E-state index contributed by atoms with van der Waals surface area (Å²) < 4.78 is 99.8. The lowest BCUT2D eigenvalue weighted by Gasteiger charge is -2.29. The van der Waals surface area contributed by atoms with Crippen LogP contribution in [0, 0.1) is 17.7 Å². The molecule has 0 bridgehead atoms. The second kappa shape index (κ2) is 10.6. The first-order valence-electron chi connectivity index (χ1n) is 12.1. The van der Waals surface area contributed by atoms with Crippen LogP contribution in [-0.4, -0.2) is 50.5 Å². The molecule has 216 valence electrons. The lowest BCUT2D eigenvalue weighted by molar-refractivity contribution is -0.234. The molecular weight excluding hydrogens is 549 g/mol. The summed E-state index contributed by atoms with van der Waals surface area (Å²) in [5.41, 5.74) is -2.50. The van der Waals surface area contributed by atoms with E-state index >= 15 is 0 Å². The molecule has 3 heterocycles. The Morgan fingerprint density at radius 1 is 1.07 bits per heavy atom. The molecule has 2 N–H and O–H groups in total. The van der Waals surface area contributed by atoms with Crippen LogP contribution < -0.4 is 15.4 Å². The van der Waals surface area contributed by atoms with E-state index in [0.717, 1.165) is 49.1 Å². The molecule has 8 nitrogen and oxygen atoms in total. The largest absolute Gasteiger partial charge is 0.478 e. The number of carbonyl (C=O) groups is 1. The zero-order valence-electron chi connectivity index (χ0n) is 21.5. The van der Waals surface area contributed by atoms with Crippen molar-refractivity contribution in [1.82, 2.24) is 25.1 Å². The van der Waals surface area contributed by atoms with Crippen molar-refractivity contribution in [3.8, 4) is 22.7 Å². The SMILES string of the molecule is CC1C(=O)NC[C@@H]1CCNc1cc(-c2cc(F)cc(OC(C)(C)C(F)(F)F)c2)n(-c2cnc(C(F)(F)F)nc2)n1. The van der Waals surface area contributed by atoms with Gasteiger partial charge in [-0.1, -0.05) is 6.92 Å². The molecule has 0 saturated carbocycles. The highest BCUT2D eigenvalue weighted by Crippen LogP contribution is 2.37. The number of carbonyl (C=O) groups excluding carboxylic acids is 1. The fraction of sp³-hybridized carbons (Fsp3) is 0.440. The molecule has 15 heteroatoms. The summed E-state index contributed by atoms with van der Waals surface area (Å²) in [5, 5.41) is 10.2. The molecule has 1 fully saturated rings. The molecule has 1 aliphatic rings. The smallest absolute Gasteiger partial charge is 0.451 e. The van der Waals surface area contributed by atoms with E-state index in [1.165, 1.54) is 6.07 Å². The molecular formula is C25H25F7N6O2. The fourth-order valence-electron chi connectivity index (χ4n) is 4.09. The number of nitrogens with zero attached hydrogens (tertiary/aromatic N) is 4. The number of nitrogens with one attached hydrogen (secondary N) is 2. The van der Waals surface area contributed by atoms with E-state index in [1.54, 1.807) is 0 Å². The Hall–Kier alpha value is -3.91. The van der Waals surface area contributed by atoms with Gasteiger partial charge >= 0.3 is 12.4 Å². The number of hydrogen-bond acceptors (Lipinski definition) is 6. The predicted octanol–water partition coefficient (Wildman–Crippen LogP) is 5.39. The van der Waals surface area contributed by atoms with E-state index in [2.05, 4.69) is 25.7 Å².